The molecule has 6 unspecified atom stereocenters. The Morgan fingerprint density at radius 3 is 1.19 bits per heavy atom. The molecule has 0 radical (unpaired) electrons. The zero-order valence-electron chi connectivity index (χ0n) is 41.0. The molecule has 3 aromatic rings. The first-order valence-electron chi connectivity index (χ1n) is 24.5. The molecule has 2 amide bonds. The van der Waals surface area contributed by atoms with Crippen LogP contribution in [0.2, 0.25) is 30.1 Å². The summed E-state index contributed by atoms with van der Waals surface area (Å²) in [7, 11) is 0. The molecule has 6 atom stereocenters. The average Bonchev–Trinajstić information content (AvgIpc) is 3.90. The summed E-state index contributed by atoms with van der Waals surface area (Å²) in [6.07, 6.45) is 6.75. The van der Waals surface area contributed by atoms with Crippen molar-refractivity contribution < 1.29 is 19.1 Å². The third kappa shape index (κ3) is 17.3. The number of benzene rings is 3. The Balaban J connectivity index is 0.000000159. The lowest BCUT2D eigenvalue weighted by Crippen LogP contribution is -2.36. The van der Waals surface area contributed by atoms with E-state index in [2.05, 4.69) is 42.4 Å². The van der Waals surface area contributed by atoms with Crippen LogP contribution in [0.3, 0.4) is 0 Å². The van der Waals surface area contributed by atoms with E-state index in [0.29, 0.717) is 53.8 Å². The number of ether oxygens (including phenoxy) is 2. The van der Waals surface area contributed by atoms with Gasteiger partial charge in [-0.1, -0.05) is 85.5 Å². The van der Waals surface area contributed by atoms with Crippen molar-refractivity contribution in [2.75, 3.05) is 88.3 Å². The number of carbonyl (C=O) groups excluding carboxylic acids is 2. The summed E-state index contributed by atoms with van der Waals surface area (Å²) in [4.78, 5) is 32.9. The predicted molar refractivity (Wildman–Crippen MR) is 292 cm³/mol. The fraction of sp³-hybridized carbons (Fsp3) is 0.615. The molecule has 0 spiro atoms. The normalized spacial score (nSPS) is 24.6. The number of nitrogens with zero attached hydrogens (tertiary/aromatic N) is 4. The summed E-state index contributed by atoms with van der Waals surface area (Å²) in [5.41, 5.74) is 1.51. The zero-order chi connectivity index (χ0) is 50.0. The van der Waals surface area contributed by atoms with Crippen LogP contribution in [0.4, 0.5) is 21.0 Å². The molecule has 0 bridgehead atoms. The van der Waals surface area contributed by atoms with Gasteiger partial charge in [-0.15, -0.1) is 0 Å². The molecule has 6 fully saturated rings. The largest absolute Gasteiger partial charge is 0.444 e. The third-order valence-electron chi connectivity index (χ3n) is 13.8. The first-order chi connectivity index (χ1) is 32.6. The van der Waals surface area contributed by atoms with Crippen molar-refractivity contribution in [3.05, 3.63) is 89.2 Å². The first-order valence-corrected chi connectivity index (χ1v) is 27.6. The molecule has 382 valence electrons. The predicted octanol–water partition coefficient (Wildman–Crippen LogP) is 14.1. The Kier molecular flexibility index (Phi) is 21.0. The van der Waals surface area contributed by atoms with E-state index in [1.54, 1.807) is 12.1 Å². The van der Waals surface area contributed by atoms with Gasteiger partial charge < -0.3 is 39.7 Å². The zero-order valence-corrected chi connectivity index (χ0v) is 47.1. The highest BCUT2D eigenvalue weighted by molar-refractivity contribution is 9.10. The van der Waals surface area contributed by atoms with Gasteiger partial charge in [-0.2, -0.15) is 0 Å². The maximum atomic E-state index is 12.3. The molecule has 17 heteroatoms. The molecule has 9 rings (SSSR count). The minimum atomic E-state index is -0.438. The molecule has 3 aromatic carbocycles. The summed E-state index contributed by atoms with van der Waals surface area (Å²) < 4.78 is 11.9. The summed E-state index contributed by atoms with van der Waals surface area (Å²) >= 11 is 38.8. The second-order valence-electron chi connectivity index (χ2n) is 21.2. The average molecular weight is 1140 g/mol. The van der Waals surface area contributed by atoms with E-state index in [4.69, 9.17) is 79.1 Å². The SMILES string of the molecule is CC(C)(C)OC(=O)N1CC2CCN(c3ccc(Cl)c(Cl)c3)CCC2C1.CC(C)(C)OC(=O)N1CC2CCNCCC2C1.Clc1ccc(Br)cc1Cl.Clc1ccc(N2CCC3CNCC3CC2)cc1Cl. The number of fused-ring (bicyclic) bond motifs is 3. The van der Waals surface area contributed by atoms with Crippen molar-refractivity contribution in [1.82, 2.24) is 20.4 Å². The van der Waals surface area contributed by atoms with Crippen molar-refractivity contribution >= 4 is 109 Å². The van der Waals surface area contributed by atoms with Gasteiger partial charge >= 0.3 is 12.2 Å². The Hall–Kier alpha value is -2.06. The van der Waals surface area contributed by atoms with Crippen LogP contribution < -0.4 is 20.4 Å². The summed E-state index contributed by atoms with van der Waals surface area (Å²) in [6, 6.07) is 17.1. The maximum Gasteiger partial charge on any atom is 0.410 e. The van der Waals surface area contributed by atoms with Crippen LogP contribution in [0.1, 0.15) is 80.1 Å². The standard InChI is InChI=1S/C19H26Cl2N2O2.C14H18Cl2N2.C13H24N2O2.C6H3BrCl2/c1-19(2,3)25-18(24)23-11-13-6-8-22(9-7-14(13)12-23)15-4-5-16(20)17(21)10-15;15-13-2-1-12(7-14(13)16)18-5-3-10-8-17-9-11(10)4-6-18;1-13(2,3)17-12(16)15-8-10-4-6-14-7-5-11(10)9-15;7-4-1-2-5(8)6(9)3-4/h4-5,10,13-14H,6-9,11-12H2,1-3H3;1-2,7,10-11,17H,3-6,8-9H2;10-11,14H,4-9H2,1-3H3;1-3H. The fourth-order valence-corrected chi connectivity index (χ4v) is 11.5. The highest BCUT2D eigenvalue weighted by Gasteiger charge is 2.39. The van der Waals surface area contributed by atoms with E-state index < -0.39 is 5.60 Å². The second-order valence-corrected chi connectivity index (χ2v) is 24.6. The van der Waals surface area contributed by atoms with E-state index in [9.17, 15) is 9.59 Å². The van der Waals surface area contributed by atoms with Crippen LogP contribution in [0.25, 0.3) is 0 Å². The minimum absolute atomic E-state index is 0.140. The van der Waals surface area contributed by atoms with Gasteiger partial charge in [0.05, 0.1) is 30.1 Å². The Labute approximate surface area is 449 Å². The van der Waals surface area contributed by atoms with E-state index in [1.165, 1.54) is 44.5 Å². The van der Waals surface area contributed by atoms with Crippen molar-refractivity contribution in [2.24, 2.45) is 35.5 Å². The number of hydrogen-bond donors (Lipinski definition) is 2. The minimum Gasteiger partial charge on any atom is -0.444 e. The number of hydrogen-bond acceptors (Lipinski definition) is 8. The molecule has 6 heterocycles. The number of nitrogens with one attached hydrogen (secondary N) is 2. The molecule has 6 aliphatic rings. The molecule has 0 aliphatic carbocycles. The van der Waals surface area contributed by atoms with E-state index in [-0.39, 0.29) is 17.8 Å². The summed E-state index contributed by atoms with van der Waals surface area (Å²) in [5.74, 6) is 4.13. The Morgan fingerprint density at radius 2 is 0.841 bits per heavy atom. The Morgan fingerprint density at radius 1 is 0.493 bits per heavy atom. The van der Waals surface area contributed by atoms with Gasteiger partial charge in [0.15, 0.2) is 0 Å². The topological polar surface area (TPSA) is 89.6 Å². The van der Waals surface area contributed by atoms with Gasteiger partial charge in [-0.25, -0.2) is 9.59 Å². The van der Waals surface area contributed by atoms with Gasteiger partial charge in [0.1, 0.15) is 11.2 Å². The second kappa shape index (κ2) is 25.7. The molecular weight excluding hydrogens is 1070 g/mol. The van der Waals surface area contributed by atoms with Crippen LogP contribution in [0, 0.1) is 35.5 Å². The molecular formula is C52H71BrCl6N6O4. The molecule has 6 saturated heterocycles. The summed E-state index contributed by atoms with van der Waals surface area (Å²) in [6.45, 7) is 23.6. The lowest BCUT2D eigenvalue weighted by molar-refractivity contribution is 0.0272. The number of anilines is 2. The molecule has 6 aliphatic heterocycles. The van der Waals surface area contributed by atoms with Gasteiger partial charge in [-0.05, 0) is 196 Å². The Bertz CT molecular complexity index is 2130. The van der Waals surface area contributed by atoms with E-state index in [1.807, 2.05) is 87.7 Å². The van der Waals surface area contributed by atoms with Gasteiger partial charge in [0.2, 0.25) is 0 Å². The van der Waals surface area contributed by atoms with E-state index >= 15 is 0 Å². The van der Waals surface area contributed by atoms with Crippen molar-refractivity contribution in [3.8, 4) is 0 Å². The molecule has 0 aromatic heterocycles. The van der Waals surface area contributed by atoms with Crippen molar-refractivity contribution in [3.63, 3.8) is 0 Å². The van der Waals surface area contributed by atoms with Crippen LogP contribution in [0.5, 0.6) is 0 Å². The van der Waals surface area contributed by atoms with Crippen molar-refractivity contribution in [2.45, 2.75) is 91.3 Å². The highest BCUT2D eigenvalue weighted by atomic mass is 79.9. The van der Waals surface area contributed by atoms with Gasteiger partial charge in [0, 0.05) is 68.2 Å². The van der Waals surface area contributed by atoms with Gasteiger partial charge in [0.25, 0.3) is 0 Å². The van der Waals surface area contributed by atoms with Crippen LogP contribution in [-0.2, 0) is 9.47 Å². The fourth-order valence-electron chi connectivity index (χ4n) is 10.2. The lowest BCUT2D eigenvalue weighted by atomic mass is 9.92. The molecule has 0 saturated carbocycles. The third-order valence-corrected chi connectivity index (χ3v) is 16.5. The number of rotatable bonds is 2. The number of carbonyl (C=O) groups is 2. The lowest BCUT2D eigenvalue weighted by Gasteiger charge is -2.26. The first kappa shape index (κ1) is 56.2. The van der Waals surface area contributed by atoms with Crippen LogP contribution in [-0.4, -0.2) is 112 Å². The monoisotopic (exact) mass is 1130 g/mol. The number of halogens is 7. The van der Waals surface area contributed by atoms with Crippen LogP contribution >= 0.6 is 85.5 Å². The molecule has 2 N–H and O–H groups in total. The van der Waals surface area contributed by atoms with Crippen LogP contribution in [0.15, 0.2) is 59.1 Å². The molecule has 10 nitrogen and oxygen atoms in total. The number of amides is 2. The van der Waals surface area contributed by atoms with E-state index in [0.717, 1.165) is 100 Å². The quantitative estimate of drug-likeness (QED) is 0.245. The smallest absolute Gasteiger partial charge is 0.410 e. The highest BCUT2D eigenvalue weighted by Crippen LogP contribution is 2.37. The van der Waals surface area contributed by atoms with Gasteiger partial charge in [-0.3, -0.25) is 0 Å². The number of likely N-dealkylation sites (tertiary alicyclic amines) is 2. The summed E-state index contributed by atoms with van der Waals surface area (Å²) in [5, 5.41) is 10.6. The molecule has 69 heavy (non-hydrogen) atoms. The van der Waals surface area contributed by atoms with Crippen molar-refractivity contribution in [1.29, 1.82) is 0 Å². The maximum absolute atomic E-state index is 12.3.